The number of hydrogen-bond acceptors (Lipinski definition) is 2. The van der Waals surface area contributed by atoms with E-state index in [1.807, 2.05) is 0 Å². The minimum Gasteiger partial charge on any atom is -0.399 e. The molecule has 1 atom stereocenters. The highest BCUT2D eigenvalue weighted by Gasteiger charge is 2.49. The van der Waals surface area contributed by atoms with E-state index in [4.69, 9.17) is 5.73 Å². The molecule has 0 amide bonds. The van der Waals surface area contributed by atoms with Gasteiger partial charge < -0.3 is 10.6 Å². The first-order chi connectivity index (χ1) is 8.18. The van der Waals surface area contributed by atoms with Crippen molar-refractivity contribution >= 4 is 5.69 Å². The van der Waals surface area contributed by atoms with Gasteiger partial charge >= 0.3 is 0 Å². The normalized spacial score (nSPS) is 29.1. The maximum Gasteiger partial charge on any atom is 0.0320 e. The minimum atomic E-state index is 0.547. The van der Waals surface area contributed by atoms with Crippen LogP contribution in [0.3, 0.4) is 0 Å². The van der Waals surface area contributed by atoms with Gasteiger partial charge in [0.15, 0.2) is 0 Å². The summed E-state index contributed by atoms with van der Waals surface area (Å²) >= 11 is 0. The lowest BCUT2D eigenvalue weighted by atomic mass is 9.71. The Morgan fingerprint density at radius 3 is 2.88 bits per heavy atom. The molecule has 1 heterocycles. The smallest absolute Gasteiger partial charge is 0.0320 e. The van der Waals surface area contributed by atoms with Crippen LogP contribution in [-0.4, -0.2) is 18.5 Å². The molecule has 2 heteroatoms. The van der Waals surface area contributed by atoms with E-state index in [9.17, 15) is 0 Å². The van der Waals surface area contributed by atoms with E-state index in [-0.39, 0.29) is 0 Å². The van der Waals surface area contributed by atoms with Crippen LogP contribution in [0.5, 0.6) is 0 Å². The van der Waals surface area contributed by atoms with Gasteiger partial charge in [-0.1, -0.05) is 0 Å². The van der Waals surface area contributed by atoms with Crippen LogP contribution in [0.1, 0.15) is 48.3 Å². The molecule has 0 aromatic heterocycles. The Balaban J connectivity index is 1.95. The maximum absolute atomic E-state index is 6.10. The summed E-state index contributed by atoms with van der Waals surface area (Å²) in [6, 6.07) is 4.49. The molecule has 2 nitrogen and oxygen atoms in total. The summed E-state index contributed by atoms with van der Waals surface area (Å²) < 4.78 is 0. The van der Waals surface area contributed by atoms with Gasteiger partial charge in [0.05, 0.1) is 0 Å². The topological polar surface area (TPSA) is 29.3 Å². The number of benzene rings is 1. The molecule has 90 valence electrons. The van der Waals surface area contributed by atoms with Crippen molar-refractivity contribution in [3.05, 3.63) is 28.8 Å². The third kappa shape index (κ3) is 1.30. The van der Waals surface area contributed by atoms with Crippen molar-refractivity contribution < 1.29 is 0 Å². The van der Waals surface area contributed by atoms with Gasteiger partial charge in [-0.15, -0.1) is 0 Å². The van der Waals surface area contributed by atoms with Gasteiger partial charge in [-0.3, -0.25) is 0 Å². The largest absolute Gasteiger partial charge is 0.399 e. The van der Waals surface area contributed by atoms with Crippen LogP contribution in [0.15, 0.2) is 12.1 Å². The quantitative estimate of drug-likeness (QED) is 0.692. The molecular formula is C15H20N2. The summed E-state index contributed by atoms with van der Waals surface area (Å²) in [6.45, 7) is 2.32. The van der Waals surface area contributed by atoms with Crippen molar-refractivity contribution in [2.75, 3.05) is 19.3 Å². The van der Waals surface area contributed by atoms with E-state index in [1.165, 1.54) is 37.8 Å². The Bertz CT molecular complexity index is 488. The summed E-state index contributed by atoms with van der Waals surface area (Å²) in [5.41, 5.74) is 12.4. The molecule has 1 spiro atoms. The lowest BCUT2D eigenvalue weighted by Crippen LogP contribution is -2.35. The molecule has 1 aromatic carbocycles. The molecule has 1 fully saturated rings. The van der Waals surface area contributed by atoms with Crippen molar-refractivity contribution in [2.45, 2.75) is 43.6 Å². The van der Waals surface area contributed by atoms with E-state index in [0.29, 0.717) is 5.41 Å². The van der Waals surface area contributed by atoms with Crippen molar-refractivity contribution in [3.8, 4) is 0 Å². The number of rotatable bonds is 0. The molecule has 1 aromatic rings. The molecule has 3 aliphatic rings. The van der Waals surface area contributed by atoms with Crippen molar-refractivity contribution in [2.24, 2.45) is 0 Å². The maximum atomic E-state index is 6.10. The predicted octanol–water partition coefficient (Wildman–Crippen LogP) is 2.62. The lowest BCUT2D eigenvalue weighted by molar-refractivity contribution is 0.259. The Morgan fingerprint density at radius 1 is 1.29 bits per heavy atom. The third-order valence-electron chi connectivity index (χ3n) is 5.06. The standard InChI is InChI=1S/C15H20N2/c1-17-8-10-2-3-15(4-5-15)13-7-12(16)6-11(9-17)14(10)13/h6-7,10H,2-5,8-9,16H2,1H3. The van der Waals surface area contributed by atoms with Gasteiger partial charge in [0.25, 0.3) is 0 Å². The molecular weight excluding hydrogens is 208 g/mol. The van der Waals surface area contributed by atoms with Crippen molar-refractivity contribution in [1.82, 2.24) is 4.90 Å². The summed E-state index contributed by atoms with van der Waals surface area (Å²) in [5.74, 6) is 0.769. The number of anilines is 1. The Labute approximate surface area is 103 Å². The van der Waals surface area contributed by atoms with E-state index in [2.05, 4.69) is 24.1 Å². The molecule has 0 saturated heterocycles. The highest BCUT2D eigenvalue weighted by atomic mass is 15.1. The first kappa shape index (κ1) is 9.95. The molecule has 0 radical (unpaired) electrons. The van der Waals surface area contributed by atoms with E-state index < -0.39 is 0 Å². The highest BCUT2D eigenvalue weighted by molar-refractivity contribution is 5.57. The second-order valence-electron chi connectivity index (χ2n) is 6.35. The molecule has 17 heavy (non-hydrogen) atoms. The Morgan fingerprint density at radius 2 is 2.12 bits per heavy atom. The second-order valence-corrected chi connectivity index (χ2v) is 6.35. The average Bonchev–Trinajstić information content (AvgIpc) is 3.03. The fraction of sp³-hybridized carbons (Fsp3) is 0.600. The summed E-state index contributed by atoms with van der Waals surface area (Å²) in [6.07, 6.45) is 5.56. The monoisotopic (exact) mass is 228 g/mol. The number of nitrogen functional groups attached to an aromatic ring is 1. The zero-order valence-electron chi connectivity index (χ0n) is 10.5. The predicted molar refractivity (Wildman–Crippen MR) is 70.1 cm³/mol. The average molecular weight is 228 g/mol. The zero-order chi connectivity index (χ0) is 11.6. The zero-order valence-corrected chi connectivity index (χ0v) is 10.5. The molecule has 2 aliphatic carbocycles. The van der Waals surface area contributed by atoms with Crippen LogP contribution < -0.4 is 5.73 Å². The lowest BCUT2D eigenvalue weighted by Gasteiger charge is -2.40. The van der Waals surface area contributed by atoms with Gasteiger partial charge in [-0.05, 0) is 72.9 Å². The van der Waals surface area contributed by atoms with E-state index in [1.54, 1.807) is 11.1 Å². The molecule has 2 N–H and O–H groups in total. The van der Waals surface area contributed by atoms with Gasteiger partial charge in [-0.25, -0.2) is 0 Å². The summed E-state index contributed by atoms with van der Waals surface area (Å²) in [7, 11) is 2.23. The van der Waals surface area contributed by atoms with Crippen LogP contribution in [0.4, 0.5) is 5.69 Å². The van der Waals surface area contributed by atoms with Gasteiger partial charge in [0.2, 0.25) is 0 Å². The van der Waals surface area contributed by atoms with Crippen LogP contribution >= 0.6 is 0 Å². The number of nitrogens with zero attached hydrogens (tertiary/aromatic N) is 1. The summed E-state index contributed by atoms with van der Waals surface area (Å²) in [5, 5.41) is 0. The molecule has 1 aliphatic heterocycles. The van der Waals surface area contributed by atoms with Crippen molar-refractivity contribution in [3.63, 3.8) is 0 Å². The van der Waals surface area contributed by atoms with Gasteiger partial charge in [-0.2, -0.15) is 0 Å². The van der Waals surface area contributed by atoms with Crippen LogP contribution in [-0.2, 0) is 12.0 Å². The molecule has 0 bridgehead atoms. The van der Waals surface area contributed by atoms with Crippen molar-refractivity contribution in [1.29, 1.82) is 0 Å². The van der Waals surface area contributed by atoms with E-state index in [0.717, 1.165) is 18.2 Å². The fourth-order valence-corrected chi connectivity index (χ4v) is 4.10. The molecule has 1 unspecified atom stereocenters. The number of fused-ring (bicyclic) bond motifs is 1. The number of likely N-dealkylation sites (N-methyl/N-ethyl adjacent to an activating group) is 1. The number of hydrogen-bond donors (Lipinski definition) is 1. The fourth-order valence-electron chi connectivity index (χ4n) is 4.10. The first-order valence-electron chi connectivity index (χ1n) is 6.79. The SMILES string of the molecule is CN1Cc2cc(N)cc3c2C(CCC32CC2)C1. The second kappa shape index (κ2) is 3.05. The van der Waals surface area contributed by atoms with Gasteiger partial charge in [0.1, 0.15) is 0 Å². The first-order valence-corrected chi connectivity index (χ1v) is 6.79. The highest BCUT2D eigenvalue weighted by Crippen LogP contribution is 2.59. The Kier molecular flexibility index (Phi) is 1.79. The van der Waals surface area contributed by atoms with Crippen LogP contribution in [0.25, 0.3) is 0 Å². The third-order valence-corrected chi connectivity index (χ3v) is 5.06. The Hall–Kier alpha value is -1.02. The van der Waals surface area contributed by atoms with Crippen LogP contribution in [0, 0.1) is 0 Å². The van der Waals surface area contributed by atoms with Gasteiger partial charge in [0, 0.05) is 18.8 Å². The molecule has 4 rings (SSSR count). The summed E-state index contributed by atoms with van der Waals surface area (Å²) in [4.78, 5) is 2.45. The van der Waals surface area contributed by atoms with E-state index >= 15 is 0 Å². The minimum absolute atomic E-state index is 0.547. The van der Waals surface area contributed by atoms with Crippen LogP contribution in [0.2, 0.25) is 0 Å². The number of nitrogens with two attached hydrogens (primary N) is 1. The molecule has 1 saturated carbocycles.